The van der Waals surface area contributed by atoms with Gasteiger partial charge in [-0.25, -0.2) is 0 Å². The number of morpholine rings is 1. The fourth-order valence-electron chi connectivity index (χ4n) is 2.47. The highest BCUT2D eigenvalue weighted by Crippen LogP contribution is 2.13. The molecule has 0 amide bonds. The first-order valence-electron chi connectivity index (χ1n) is 7.21. The number of ketones is 1. The number of carbonyl (C=O) groups excluding carboxylic acids is 1. The van der Waals surface area contributed by atoms with E-state index < -0.39 is 0 Å². The van der Waals surface area contributed by atoms with Crippen LogP contribution in [0.1, 0.15) is 36.2 Å². The number of aryl methyl sites for hydroxylation is 1. The van der Waals surface area contributed by atoms with Gasteiger partial charge in [0.1, 0.15) is 6.10 Å². The fourth-order valence-corrected chi connectivity index (χ4v) is 2.47. The van der Waals surface area contributed by atoms with Crippen LogP contribution < -0.4 is 0 Å². The smallest absolute Gasteiger partial charge is 0.192 e. The van der Waals surface area contributed by atoms with Crippen LogP contribution in [-0.4, -0.2) is 43.0 Å². The maximum absolute atomic E-state index is 12.4. The highest BCUT2D eigenvalue weighted by molar-refractivity contribution is 5.99. The molecule has 104 valence electrons. The van der Waals surface area contributed by atoms with E-state index in [4.69, 9.17) is 4.74 Å². The van der Waals surface area contributed by atoms with E-state index >= 15 is 0 Å². The third-order valence-corrected chi connectivity index (χ3v) is 3.63. The Labute approximate surface area is 115 Å². The standard InChI is InChI=1S/C16H23NO2/c1-3-9-17-10-11-19-15(12-17)16(18)14-7-5-13(4-2)6-8-14/h5-8,15H,3-4,9-12H2,1-2H3. The van der Waals surface area contributed by atoms with Gasteiger partial charge in [0, 0.05) is 18.7 Å². The second-order valence-corrected chi connectivity index (χ2v) is 5.07. The summed E-state index contributed by atoms with van der Waals surface area (Å²) in [6, 6.07) is 7.90. The van der Waals surface area contributed by atoms with Gasteiger partial charge in [-0.1, -0.05) is 38.1 Å². The topological polar surface area (TPSA) is 29.5 Å². The third-order valence-electron chi connectivity index (χ3n) is 3.63. The summed E-state index contributed by atoms with van der Waals surface area (Å²) < 4.78 is 5.64. The molecule has 0 radical (unpaired) electrons. The Kier molecular flexibility index (Phi) is 5.11. The largest absolute Gasteiger partial charge is 0.367 e. The molecule has 3 nitrogen and oxygen atoms in total. The number of hydrogen-bond acceptors (Lipinski definition) is 3. The number of hydrogen-bond donors (Lipinski definition) is 0. The number of ether oxygens (including phenoxy) is 1. The van der Waals surface area contributed by atoms with Crippen LogP contribution in [0.5, 0.6) is 0 Å². The molecule has 1 heterocycles. The summed E-state index contributed by atoms with van der Waals surface area (Å²) in [6.45, 7) is 7.64. The average molecular weight is 261 g/mol. The van der Waals surface area contributed by atoms with Crippen molar-refractivity contribution in [2.75, 3.05) is 26.2 Å². The quantitative estimate of drug-likeness (QED) is 0.763. The minimum absolute atomic E-state index is 0.114. The molecule has 0 aromatic heterocycles. The Hall–Kier alpha value is -1.19. The summed E-state index contributed by atoms with van der Waals surface area (Å²) >= 11 is 0. The summed E-state index contributed by atoms with van der Waals surface area (Å²) in [5, 5.41) is 0. The molecule has 0 saturated carbocycles. The van der Waals surface area contributed by atoms with Crippen LogP contribution in [-0.2, 0) is 11.2 Å². The van der Waals surface area contributed by atoms with Gasteiger partial charge in [0.25, 0.3) is 0 Å². The number of benzene rings is 1. The normalized spacial score (nSPS) is 20.4. The zero-order chi connectivity index (χ0) is 13.7. The lowest BCUT2D eigenvalue weighted by molar-refractivity contribution is -0.0163. The van der Waals surface area contributed by atoms with Crippen LogP contribution in [0.4, 0.5) is 0 Å². The Bertz CT molecular complexity index is 411. The lowest BCUT2D eigenvalue weighted by Crippen LogP contribution is -2.46. The van der Waals surface area contributed by atoms with E-state index in [1.54, 1.807) is 0 Å². The Morgan fingerprint density at radius 1 is 1.32 bits per heavy atom. The Morgan fingerprint density at radius 2 is 2.05 bits per heavy atom. The van der Waals surface area contributed by atoms with Crippen molar-refractivity contribution in [2.45, 2.75) is 32.8 Å². The second kappa shape index (κ2) is 6.83. The van der Waals surface area contributed by atoms with Gasteiger partial charge in [-0.15, -0.1) is 0 Å². The number of nitrogens with zero attached hydrogens (tertiary/aromatic N) is 1. The number of rotatable bonds is 5. The van der Waals surface area contributed by atoms with Crippen molar-refractivity contribution in [1.82, 2.24) is 4.90 Å². The van der Waals surface area contributed by atoms with Gasteiger partial charge >= 0.3 is 0 Å². The Morgan fingerprint density at radius 3 is 2.68 bits per heavy atom. The van der Waals surface area contributed by atoms with Crippen molar-refractivity contribution in [3.05, 3.63) is 35.4 Å². The molecule has 1 unspecified atom stereocenters. The maximum Gasteiger partial charge on any atom is 0.192 e. The average Bonchev–Trinajstić information content (AvgIpc) is 2.47. The van der Waals surface area contributed by atoms with Crippen molar-refractivity contribution in [3.63, 3.8) is 0 Å². The van der Waals surface area contributed by atoms with E-state index in [0.717, 1.165) is 38.0 Å². The summed E-state index contributed by atoms with van der Waals surface area (Å²) in [7, 11) is 0. The highest BCUT2D eigenvalue weighted by atomic mass is 16.5. The second-order valence-electron chi connectivity index (χ2n) is 5.07. The van der Waals surface area contributed by atoms with Crippen molar-refractivity contribution >= 4 is 5.78 Å². The van der Waals surface area contributed by atoms with Gasteiger partial charge in [0.15, 0.2) is 5.78 Å². The first kappa shape index (κ1) is 14.2. The summed E-state index contributed by atoms with van der Waals surface area (Å²) in [5.74, 6) is 0.114. The summed E-state index contributed by atoms with van der Waals surface area (Å²) in [5.41, 5.74) is 2.02. The molecule has 3 heteroatoms. The van der Waals surface area contributed by atoms with E-state index in [1.807, 2.05) is 24.3 Å². The van der Waals surface area contributed by atoms with Gasteiger partial charge in [-0.05, 0) is 24.9 Å². The van der Waals surface area contributed by atoms with E-state index in [0.29, 0.717) is 6.61 Å². The molecule has 1 aliphatic heterocycles. The number of carbonyl (C=O) groups is 1. The first-order valence-corrected chi connectivity index (χ1v) is 7.21. The molecule has 1 saturated heterocycles. The molecular formula is C16H23NO2. The lowest BCUT2D eigenvalue weighted by atomic mass is 10.0. The van der Waals surface area contributed by atoms with Gasteiger partial charge in [0.05, 0.1) is 6.61 Å². The first-order chi connectivity index (χ1) is 9.24. The molecule has 0 bridgehead atoms. The molecule has 1 aromatic rings. The van der Waals surface area contributed by atoms with Gasteiger partial charge in [-0.3, -0.25) is 9.69 Å². The van der Waals surface area contributed by atoms with Crippen LogP contribution in [0.15, 0.2) is 24.3 Å². The van der Waals surface area contributed by atoms with Crippen molar-refractivity contribution < 1.29 is 9.53 Å². The van der Waals surface area contributed by atoms with Crippen LogP contribution in [0.2, 0.25) is 0 Å². The minimum Gasteiger partial charge on any atom is -0.367 e. The molecule has 0 aliphatic carbocycles. The number of Topliss-reactive ketones (excluding diaryl/α,β-unsaturated/α-hetero) is 1. The third kappa shape index (κ3) is 3.64. The molecular weight excluding hydrogens is 238 g/mol. The highest BCUT2D eigenvalue weighted by Gasteiger charge is 2.26. The molecule has 0 spiro atoms. The van der Waals surface area contributed by atoms with Crippen molar-refractivity contribution in [3.8, 4) is 0 Å². The monoisotopic (exact) mass is 261 g/mol. The molecule has 2 rings (SSSR count). The summed E-state index contributed by atoms with van der Waals surface area (Å²) in [6.07, 6.45) is 1.82. The van der Waals surface area contributed by atoms with Crippen LogP contribution in [0, 0.1) is 0 Å². The van der Waals surface area contributed by atoms with Crippen LogP contribution in [0.3, 0.4) is 0 Å². The molecule has 1 aliphatic rings. The fraction of sp³-hybridized carbons (Fsp3) is 0.562. The van der Waals surface area contributed by atoms with Crippen molar-refractivity contribution in [1.29, 1.82) is 0 Å². The van der Waals surface area contributed by atoms with Gasteiger partial charge in [-0.2, -0.15) is 0 Å². The lowest BCUT2D eigenvalue weighted by Gasteiger charge is -2.31. The molecule has 1 fully saturated rings. The van der Waals surface area contributed by atoms with Crippen molar-refractivity contribution in [2.24, 2.45) is 0 Å². The van der Waals surface area contributed by atoms with Crippen LogP contribution >= 0.6 is 0 Å². The predicted octanol–water partition coefficient (Wildman–Crippen LogP) is 2.54. The predicted molar refractivity (Wildman–Crippen MR) is 76.6 cm³/mol. The SMILES string of the molecule is CCCN1CCOC(C(=O)c2ccc(CC)cc2)C1. The zero-order valence-electron chi connectivity index (χ0n) is 11.9. The van der Waals surface area contributed by atoms with Gasteiger partial charge < -0.3 is 4.74 Å². The zero-order valence-corrected chi connectivity index (χ0v) is 11.9. The van der Waals surface area contributed by atoms with E-state index in [2.05, 4.69) is 18.7 Å². The van der Waals surface area contributed by atoms with E-state index in [9.17, 15) is 4.79 Å². The molecule has 1 aromatic carbocycles. The Balaban J connectivity index is 2.01. The van der Waals surface area contributed by atoms with E-state index in [-0.39, 0.29) is 11.9 Å². The summed E-state index contributed by atoms with van der Waals surface area (Å²) in [4.78, 5) is 14.7. The minimum atomic E-state index is -0.298. The van der Waals surface area contributed by atoms with Crippen LogP contribution in [0.25, 0.3) is 0 Å². The molecule has 19 heavy (non-hydrogen) atoms. The maximum atomic E-state index is 12.4. The molecule has 1 atom stereocenters. The molecule has 0 N–H and O–H groups in total. The van der Waals surface area contributed by atoms with Gasteiger partial charge in [0.2, 0.25) is 0 Å². The van der Waals surface area contributed by atoms with E-state index in [1.165, 1.54) is 5.56 Å².